The van der Waals surface area contributed by atoms with E-state index in [2.05, 4.69) is 10.4 Å². The van der Waals surface area contributed by atoms with E-state index in [0.29, 0.717) is 5.69 Å². The van der Waals surface area contributed by atoms with Crippen LogP contribution in [0.2, 0.25) is 0 Å². The summed E-state index contributed by atoms with van der Waals surface area (Å²) in [5.41, 5.74) is 0.212. The van der Waals surface area contributed by atoms with Crippen molar-refractivity contribution in [3.05, 3.63) is 40.8 Å². The zero-order chi connectivity index (χ0) is 11.5. The van der Waals surface area contributed by atoms with E-state index >= 15 is 0 Å². The second-order valence-electron chi connectivity index (χ2n) is 3.37. The standard InChI is InChI=1S/C10H10N4O2/c1-8(15)7-13-10(16)14(12-11-13)9-5-3-2-4-6-9/h2-6H,7H2,1H3. The van der Waals surface area contributed by atoms with Crippen LogP contribution in [0.15, 0.2) is 35.1 Å². The Hall–Kier alpha value is -2.24. The molecule has 6 nitrogen and oxygen atoms in total. The van der Waals surface area contributed by atoms with Crippen LogP contribution in [-0.4, -0.2) is 25.6 Å². The molecule has 0 radical (unpaired) electrons. The highest BCUT2D eigenvalue weighted by atomic mass is 16.2. The highest BCUT2D eigenvalue weighted by Gasteiger charge is 2.09. The molecule has 0 N–H and O–H groups in total. The Bertz CT molecular complexity index is 556. The van der Waals surface area contributed by atoms with Crippen molar-refractivity contribution in [2.75, 3.05) is 0 Å². The minimum atomic E-state index is -0.415. The quantitative estimate of drug-likeness (QED) is 0.728. The molecular weight excluding hydrogens is 208 g/mol. The number of ketones is 1. The Morgan fingerprint density at radius 2 is 1.94 bits per heavy atom. The Kier molecular flexibility index (Phi) is 2.63. The zero-order valence-electron chi connectivity index (χ0n) is 8.70. The first kappa shape index (κ1) is 10.3. The molecule has 2 rings (SSSR count). The minimum Gasteiger partial charge on any atom is -0.298 e. The summed E-state index contributed by atoms with van der Waals surface area (Å²) in [6.45, 7) is 1.35. The maximum absolute atomic E-state index is 11.8. The van der Waals surface area contributed by atoms with Crippen molar-refractivity contribution in [3.8, 4) is 5.69 Å². The average Bonchev–Trinajstić information content (AvgIpc) is 2.61. The van der Waals surface area contributed by atoms with E-state index in [1.807, 2.05) is 6.07 Å². The summed E-state index contributed by atoms with van der Waals surface area (Å²) in [5.74, 6) is -0.137. The number of benzene rings is 1. The van der Waals surface area contributed by atoms with Crippen LogP contribution in [0.3, 0.4) is 0 Å². The summed E-state index contributed by atoms with van der Waals surface area (Å²) in [4.78, 5) is 22.6. The molecule has 2 aromatic rings. The number of nitrogens with zero attached hydrogens (tertiary/aromatic N) is 4. The maximum atomic E-state index is 11.8. The van der Waals surface area contributed by atoms with E-state index in [1.165, 1.54) is 6.92 Å². The number of rotatable bonds is 3. The summed E-state index contributed by atoms with van der Waals surface area (Å²) < 4.78 is 2.19. The Labute approximate surface area is 91.1 Å². The van der Waals surface area contributed by atoms with E-state index in [0.717, 1.165) is 9.36 Å². The van der Waals surface area contributed by atoms with Gasteiger partial charge in [0, 0.05) is 0 Å². The predicted octanol–water partition coefficient (Wildman–Crippen LogP) is 0.0180. The zero-order valence-corrected chi connectivity index (χ0v) is 8.70. The van der Waals surface area contributed by atoms with Gasteiger partial charge in [0.05, 0.1) is 5.69 Å². The van der Waals surface area contributed by atoms with Gasteiger partial charge in [0.25, 0.3) is 0 Å². The van der Waals surface area contributed by atoms with Crippen molar-refractivity contribution in [3.63, 3.8) is 0 Å². The third-order valence-electron chi connectivity index (χ3n) is 2.01. The largest absolute Gasteiger partial charge is 0.368 e. The lowest BCUT2D eigenvalue weighted by molar-refractivity contribution is -0.117. The lowest BCUT2D eigenvalue weighted by Crippen LogP contribution is -2.26. The fourth-order valence-electron chi connectivity index (χ4n) is 1.32. The van der Waals surface area contributed by atoms with Crippen molar-refractivity contribution in [1.82, 2.24) is 19.8 Å². The monoisotopic (exact) mass is 218 g/mol. The average molecular weight is 218 g/mol. The number of tetrazole rings is 1. The molecular formula is C10H10N4O2. The first-order valence-electron chi connectivity index (χ1n) is 4.76. The Morgan fingerprint density at radius 1 is 1.25 bits per heavy atom. The molecule has 0 fully saturated rings. The second kappa shape index (κ2) is 4.09. The van der Waals surface area contributed by atoms with Crippen molar-refractivity contribution in [2.45, 2.75) is 13.5 Å². The molecule has 1 heterocycles. The van der Waals surface area contributed by atoms with Crippen LogP contribution >= 0.6 is 0 Å². The molecule has 0 unspecified atom stereocenters. The summed E-state index contributed by atoms with van der Waals surface area (Å²) >= 11 is 0. The molecule has 0 atom stereocenters. The number of Topliss-reactive ketones (excluding diaryl/α,β-unsaturated/α-hetero) is 1. The molecule has 0 saturated carbocycles. The first-order chi connectivity index (χ1) is 7.68. The van der Waals surface area contributed by atoms with Crippen LogP contribution in [-0.2, 0) is 11.3 Å². The number of para-hydroxylation sites is 1. The molecule has 16 heavy (non-hydrogen) atoms. The van der Waals surface area contributed by atoms with Crippen LogP contribution in [0.25, 0.3) is 5.69 Å². The van der Waals surface area contributed by atoms with Crippen molar-refractivity contribution >= 4 is 5.78 Å². The lowest BCUT2D eigenvalue weighted by atomic mass is 10.3. The van der Waals surface area contributed by atoms with Crippen LogP contribution in [0.4, 0.5) is 0 Å². The van der Waals surface area contributed by atoms with E-state index in [9.17, 15) is 9.59 Å². The molecule has 0 aliphatic carbocycles. The molecule has 0 spiro atoms. The number of carbonyl (C=O) groups excluding carboxylic acids is 1. The minimum absolute atomic E-state index is 0.0499. The second-order valence-corrected chi connectivity index (χ2v) is 3.37. The Balaban J connectivity index is 2.42. The van der Waals surface area contributed by atoms with Crippen LogP contribution in [0, 0.1) is 0 Å². The number of carbonyl (C=O) groups is 1. The van der Waals surface area contributed by atoms with Gasteiger partial charge in [0.15, 0.2) is 5.78 Å². The van der Waals surface area contributed by atoms with Gasteiger partial charge in [-0.2, -0.15) is 9.36 Å². The van der Waals surface area contributed by atoms with Gasteiger partial charge in [-0.3, -0.25) is 4.79 Å². The molecule has 1 aromatic heterocycles. The van der Waals surface area contributed by atoms with E-state index in [4.69, 9.17) is 0 Å². The first-order valence-corrected chi connectivity index (χ1v) is 4.76. The fraction of sp³-hybridized carbons (Fsp3) is 0.200. The number of hydrogen-bond donors (Lipinski definition) is 0. The molecule has 1 aromatic carbocycles. The summed E-state index contributed by atoms with van der Waals surface area (Å²) in [5, 5.41) is 7.33. The normalized spacial score (nSPS) is 10.3. The van der Waals surface area contributed by atoms with Gasteiger partial charge in [0.1, 0.15) is 6.54 Å². The number of aromatic nitrogens is 4. The highest BCUT2D eigenvalue weighted by Crippen LogP contribution is 2.00. The highest BCUT2D eigenvalue weighted by molar-refractivity contribution is 5.75. The summed E-state index contributed by atoms with van der Waals surface area (Å²) in [7, 11) is 0. The van der Waals surface area contributed by atoms with Gasteiger partial charge in [-0.25, -0.2) is 4.79 Å². The lowest BCUT2D eigenvalue weighted by Gasteiger charge is -1.95. The van der Waals surface area contributed by atoms with Crippen LogP contribution in [0.5, 0.6) is 0 Å². The van der Waals surface area contributed by atoms with E-state index in [1.54, 1.807) is 24.3 Å². The molecule has 0 aliphatic rings. The van der Waals surface area contributed by atoms with Gasteiger partial charge >= 0.3 is 5.69 Å². The van der Waals surface area contributed by atoms with Gasteiger partial charge in [-0.05, 0) is 29.5 Å². The molecule has 82 valence electrons. The SMILES string of the molecule is CC(=O)Cn1nnn(-c2ccccc2)c1=O. The molecule has 6 heteroatoms. The van der Waals surface area contributed by atoms with Gasteiger partial charge < -0.3 is 0 Å². The summed E-state index contributed by atoms with van der Waals surface area (Å²) in [6, 6.07) is 8.93. The van der Waals surface area contributed by atoms with Crippen molar-refractivity contribution in [1.29, 1.82) is 0 Å². The van der Waals surface area contributed by atoms with E-state index in [-0.39, 0.29) is 12.3 Å². The van der Waals surface area contributed by atoms with Crippen LogP contribution in [0.1, 0.15) is 6.92 Å². The maximum Gasteiger partial charge on any atom is 0.368 e. The predicted molar refractivity (Wildman–Crippen MR) is 56.3 cm³/mol. The fourth-order valence-corrected chi connectivity index (χ4v) is 1.32. The Morgan fingerprint density at radius 3 is 2.56 bits per heavy atom. The summed E-state index contributed by atoms with van der Waals surface area (Å²) in [6.07, 6.45) is 0. The third-order valence-corrected chi connectivity index (χ3v) is 2.01. The third kappa shape index (κ3) is 1.90. The molecule has 0 bridgehead atoms. The molecule has 0 aliphatic heterocycles. The smallest absolute Gasteiger partial charge is 0.298 e. The van der Waals surface area contributed by atoms with Gasteiger partial charge in [-0.1, -0.05) is 18.2 Å². The van der Waals surface area contributed by atoms with Gasteiger partial charge in [0.2, 0.25) is 0 Å². The van der Waals surface area contributed by atoms with Crippen LogP contribution < -0.4 is 5.69 Å². The topological polar surface area (TPSA) is 69.8 Å². The van der Waals surface area contributed by atoms with Crippen molar-refractivity contribution in [2.24, 2.45) is 0 Å². The van der Waals surface area contributed by atoms with Crippen molar-refractivity contribution < 1.29 is 4.79 Å². The molecule has 0 amide bonds. The van der Waals surface area contributed by atoms with Gasteiger partial charge in [-0.15, -0.1) is 0 Å². The number of hydrogen-bond acceptors (Lipinski definition) is 4. The van der Waals surface area contributed by atoms with E-state index < -0.39 is 5.69 Å². The molecule has 0 saturated heterocycles.